The molecule has 0 aliphatic carbocycles. The van der Waals surface area contributed by atoms with E-state index in [-0.39, 0.29) is 5.56 Å². The number of nitrogens with one attached hydrogen (secondary N) is 1. The first-order chi connectivity index (χ1) is 8.66. The van der Waals surface area contributed by atoms with Gasteiger partial charge < -0.3 is 16.2 Å². The minimum Gasteiger partial charge on any atom is -0.478 e. The number of nitrogen functional groups attached to an aromatic ring is 1. The summed E-state index contributed by atoms with van der Waals surface area (Å²) in [5.74, 6) is 2.17. The molecule has 0 bridgehead atoms. The predicted octanol–water partition coefficient (Wildman–Crippen LogP) is 2.52. The third-order valence-electron chi connectivity index (χ3n) is 3.22. The normalized spacial score (nSPS) is 16.4. The molecule has 1 aliphatic rings. The number of hydrogen-bond donors (Lipinski definition) is 3. The lowest BCUT2D eigenvalue weighted by atomic mass is 10.0. The number of carbonyl (C=O) groups is 1. The zero-order chi connectivity index (χ0) is 13.0. The highest BCUT2D eigenvalue weighted by Crippen LogP contribution is 2.24. The number of rotatable bonds is 4. The van der Waals surface area contributed by atoms with Gasteiger partial charge in [-0.1, -0.05) is 0 Å². The maximum Gasteiger partial charge on any atom is 0.337 e. The van der Waals surface area contributed by atoms with Crippen molar-refractivity contribution in [2.45, 2.75) is 12.8 Å². The summed E-state index contributed by atoms with van der Waals surface area (Å²) >= 11 is 2.01. The number of benzene rings is 1. The van der Waals surface area contributed by atoms with Crippen LogP contribution in [-0.2, 0) is 0 Å². The maximum atomic E-state index is 11.0. The summed E-state index contributed by atoms with van der Waals surface area (Å²) in [7, 11) is 0. The first-order valence-corrected chi connectivity index (χ1v) is 7.26. The van der Waals surface area contributed by atoms with E-state index in [2.05, 4.69) is 5.32 Å². The number of thioether (sulfide) groups is 1. The Morgan fingerprint density at radius 3 is 2.83 bits per heavy atom. The molecule has 0 atom stereocenters. The smallest absolute Gasteiger partial charge is 0.337 e. The predicted molar refractivity (Wildman–Crippen MR) is 76.4 cm³/mol. The molecule has 4 N–H and O–H groups in total. The third kappa shape index (κ3) is 3.32. The highest BCUT2D eigenvalue weighted by Gasteiger charge is 2.14. The molecule has 1 fully saturated rings. The van der Waals surface area contributed by atoms with E-state index in [9.17, 15) is 4.79 Å². The summed E-state index contributed by atoms with van der Waals surface area (Å²) in [5, 5.41) is 12.3. The Hall–Kier alpha value is -1.36. The highest BCUT2D eigenvalue weighted by atomic mass is 32.2. The Bertz CT molecular complexity index is 431. The lowest BCUT2D eigenvalue weighted by Gasteiger charge is -2.22. The second-order valence-electron chi connectivity index (χ2n) is 4.54. The molecule has 0 aromatic heterocycles. The molecule has 0 unspecified atom stereocenters. The Morgan fingerprint density at radius 2 is 2.17 bits per heavy atom. The van der Waals surface area contributed by atoms with Crippen LogP contribution in [0, 0.1) is 5.92 Å². The molecule has 2 rings (SSSR count). The molecular formula is C13H18N2O2S. The Labute approximate surface area is 111 Å². The van der Waals surface area contributed by atoms with Crippen LogP contribution in [-0.4, -0.2) is 29.1 Å². The van der Waals surface area contributed by atoms with Crippen molar-refractivity contribution in [2.75, 3.05) is 29.1 Å². The molecule has 0 amide bonds. The third-order valence-corrected chi connectivity index (χ3v) is 4.27. The fourth-order valence-electron chi connectivity index (χ4n) is 2.06. The highest BCUT2D eigenvalue weighted by molar-refractivity contribution is 7.99. The molecular weight excluding hydrogens is 248 g/mol. The van der Waals surface area contributed by atoms with Gasteiger partial charge in [-0.2, -0.15) is 11.8 Å². The van der Waals surface area contributed by atoms with E-state index < -0.39 is 5.97 Å². The average Bonchev–Trinajstić information content (AvgIpc) is 2.38. The van der Waals surface area contributed by atoms with Gasteiger partial charge in [0.1, 0.15) is 0 Å². The van der Waals surface area contributed by atoms with Gasteiger partial charge in [0.25, 0.3) is 0 Å². The fourth-order valence-corrected chi connectivity index (χ4v) is 3.27. The quantitative estimate of drug-likeness (QED) is 0.730. The zero-order valence-electron chi connectivity index (χ0n) is 10.2. The summed E-state index contributed by atoms with van der Waals surface area (Å²) < 4.78 is 0. The van der Waals surface area contributed by atoms with Gasteiger partial charge in [-0.05, 0) is 48.5 Å². The van der Waals surface area contributed by atoms with Crippen LogP contribution in [0.1, 0.15) is 23.2 Å². The number of carboxylic acid groups (broad SMARTS) is 1. The minimum absolute atomic E-state index is 0.166. The van der Waals surface area contributed by atoms with Crippen molar-refractivity contribution >= 4 is 29.1 Å². The Balaban J connectivity index is 1.96. The van der Waals surface area contributed by atoms with Crippen molar-refractivity contribution in [1.82, 2.24) is 0 Å². The van der Waals surface area contributed by atoms with Gasteiger partial charge in [-0.25, -0.2) is 4.79 Å². The lowest BCUT2D eigenvalue weighted by Crippen LogP contribution is -2.19. The number of anilines is 2. The second-order valence-corrected chi connectivity index (χ2v) is 5.77. The van der Waals surface area contributed by atoms with Crippen LogP contribution in [0.15, 0.2) is 18.2 Å². The van der Waals surface area contributed by atoms with Crippen LogP contribution in [0.4, 0.5) is 11.4 Å². The summed E-state index contributed by atoms with van der Waals surface area (Å²) in [6, 6.07) is 5.08. The Morgan fingerprint density at radius 1 is 1.44 bits per heavy atom. The monoisotopic (exact) mass is 266 g/mol. The van der Waals surface area contributed by atoms with E-state index in [1.54, 1.807) is 12.1 Å². The molecule has 0 spiro atoms. The van der Waals surface area contributed by atoms with E-state index in [4.69, 9.17) is 10.8 Å². The van der Waals surface area contributed by atoms with Crippen LogP contribution in [0.5, 0.6) is 0 Å². The molecule has 98 valence electrons. The molecule has 1 aromatic carbocycles. The number of hydrogen-bond acceptors (Lipinski definition) is 4. The van der Waals surface area contributed by atoms with Crippen molar-refractivity contribution < 1.29 is 9.90 Å². The van der Waals surface area contributed by atoms with Gasteiger partial charge in [-0.15, -0.1) is 0 Å². The van der Waals surface area contributed by atoms with Crippen LogP contribution in [0.3, 0.4) is 0 Å². The van der Waals surface area contributed by atoms with Crippen molar-refractivity contribution in [2.24, 2.45) is 5.92 Å². The fraction of sp³-hybridized carbons (Fsp3) is 0.462. The zero-order valence-corrected chi connectivity index (χ0v) is 11.0. The molecule has 0 radical (unpaired) electrons. The van der Waals surface area contributed by atoms with Crippen LogP contribution >= 0.6 is 11.8 Å². The first-order valence-electron chi connectivity index (χ1n) is 6.11. The van der Waals surface area contributed by atoms with Gasteiger partial charge >= 0.3 is 5.97 Å². The largest absolute Gasteiger partial charge is 0.478 e. The minimum atomic E-state index is -0.981. The van der Waals surface area contributed by atoms with Gasteiger partial charge in [0, 0.05) is 17.9 Å². The van der Waals surface area contributed by atoms with E-state index in [0.29, 0.717) is 11.6 Å². The van der Waals surface area contributed by atoms with Crippen LogP contribution < -0.4 is 11.1 Å². The van der Waals surface area contributed by atoms with Crippen molar-refractivity contribution in [3.05, 3.63) is 23.8 Å². The SMILES string of the molecule is Nc1ccc(NCC2CCSCC2)cc1C(=O)O. The topological polar surface area (TPSA) is 75.3 Å². The van der Waals surface area contributed by atoms with E-state index in [1.807, 2.05) is 17.8 Å². The lowest BCUT2D eigenvalue weighted by molar-refractivity contribution is 0.0698. The number of nitrogens with two attached hydrogens (primary N) is 1. The molecule has 4 nitrogen and oxygen atoms in total. The van der Waals surface area contributed by atoms with Gasteiger partial charge in [0.05, 0.1) is 5.56 Å². The number of carboxylic acids is 1. The van der Waals surface area contributed by atoms with Gasteiger partial charge in [0.15, 0.2) is 0 Å². The molecule has 5 heteroatoms. The van der Waals surface area contributed by atoms with Crippen LogP contribution in [0.25, 0.3) is 0 Å². The molecule has 1 saturated heterocycles. The molecule has 0 saturated carbocycles. The summed E-state index contributed by atoms with van der Waals surface area (Å²) in [6.07, 6.45) is 2.47. The summed E-state index contributed by atoms with van der Waals surface area (Å²) in [6.45, 7) is 0.906. The molecule has 1 aromatic rings. The van der Waals surface area contributed by atoms with Crippen molar-refractivity contribution in [3.8, 4) is 0 Å². The van der Waals surface area contributed by atoms with Gasteiger partial charge in [0.2, 0.25) is 0 Å². The molecule has 1 heterocycles. The van der Waals surface area contributed by atoms with E-state index in [1.165, 1.54) is 24.3 Å². The van der Waals surface area contributed by atoms with Crippen molar-refractivity contribution in [1.29, 1.82) is 0 Å². The summed E-state index contributed by atoms with van der Waals surface area (Å²) in [4.78, 5) is 11.0. The maximum absolute atomic E-state index is 11.0. The number of aromatic carboxylic acids is 1. The van der Waals surface area contributed by atoms with Gasteiger partial charge in [-0.3, -0.25) is 0 Å². The van der Waals surface area contributed by atoms with Crippen molar-refractivity contribution in [3.63, 3.8) is 0 Å². The van der Waals surface area contributed by atoms with Crippen LogP contribution in [0.2, 0.25) is 0 Å². The first kappa shape index (κ1) is 13.1. The van der Waals surface area contributed by atoms with E-state index >= 15 is 0 Å². The summed E-state index contributed by atoms with van der Waals surface area (Å²) in [5.41, 5.74) is 6.92. The molecule has 18 heavy (non-hydrogen) atoms. The van der Waals surface area contributed by atoms with E-state index in [0.717, 1.165) is 12.2 Å². The standard InChI is InChI=1S/C13H18N2O2S/c14-12-2-1-10(7-11(12)13(16)17)15-8-9-3-5-18-6-4-9/h1-2,7,9,15H,3-6,8,14H2,(H,16,17). The average molecular weight is 266 g/mol. The second kappa shape index (κ2) is 6.00. The Kier molecular flexibility index (Phi) is 4.36. The molecule has 1 aliphatic heterocycles.